The molecule has 0 aliphatic carbocycles. The maximum atomic E-state index is 11.9. The number of benzene rings is 1. The van der Waals surface area contributed by atoms with Gasteiger partial charge in [0.05, 0.1) is 17.7 Å². The van der Waals surface area contributed by atoms with Crippen molar-refractivity contribution in [1.82, 2.24) is 4.90 Å². The van der Waals surface area contributed by atoms with Crippen molar-refractivity contribution in [2.45, 2.75) is 6.04 Å². The summed E-state index contributed by atoms with van der Waals surface area (Å²) >= 11 is 11.7. The molecule has 2 rings (SSSR count). The fourth-order valence-corrected chi connectivity index (χ4v) is 2.29. The third-order valence-corrected chi connectivity index (χ3v) is 3.34. The van der Waals surface area contributed by atoms with Gasteiger partial charge in [0.25, 0.3) is 5.91 Å². The number of hydrogen-bond donors (Lipinski definition) is 1. The Morgan fingerprint density at radius 2 is 2.26 bits per heavy atom. The lowest BCUT2D eigenvalue weighted by molar-refractivity contribution is -0.134. The second kappa shape index (κ2) is 6.28. The summed E-state index contributed by atoms with van der Waals surface area (Å²) in [7, 11) is 0. The van der Waals surface area contributed by atoms with Crippen molar-refractivity contribution in [2.75, 3.05) is 19.8 Å². The van der Waals surface area contributed by atoms with Crippen molar-refractivity contribution in [2.24, 2.45) is 0 Å². The summed E-state index contributed by atoms with van der Waals surface area (Å²) in [5, 5.41) is 9.99. The van der Waals surface area contributed by atoms with E-state index in [-0.39, 0.29) is 25.2 Å². The minimum absolute atomic E-state index is 0.0933. The van der Waals surface area contributed by atoms with Crippen LogP contribution in [-0.4, -0.2) is 41.7 Å². The molecule has 0 bridgehead atoms. The van der Waals surface area contributed by atoms with Crippen LogP contribution in [0, 0.1) is 0 Å². The number of aliphatic hydroxyl groups is 1. The topological polar surface area (TPSA) is 49.8 Å². The predicted octanol–water partition coefficient (Wildman–Crippen LogP) is 2.13. The van der Waals surface area contributed by atoms with E-state index >= 15 is 0 Å². The molecule has 0 radical (unpaired) electrons. The van der Waals surface area contributed by atoms with Gasteiger partial charge in [-0.1, -0.05) is 35.4 Å². The van der Waals surface area contributed by atoms with Crippen LogP contribution in [0.3, 0.4) is 0 Å². The Morgan fingerprint density at radius 1 is 1.47 bits per heavy atom. The van der Waals surface area contributed by atoms with Crippen molar-refractivity contribution in [3.63, 3.8) is 0 Å². The van der Waals surface area contributed by atoms with Gasteiger partial charge < -0.3 is 14.7 Å². The van der Waals surface area contributed by atoms with Crippen molar-refractivity contribution >= 4 is 29.1 Å². The Kier molecular flexibility index (Phi) is 4.69. The average Bonchev–Trinajstić information content (AvgIpc) is 2.85. The van der Waals surface area contributed by atoms with Crippen molar-refractivity contribution in [3.05, 3.63) is 40.4 Å². The van der Waals surface area contributed by atoms with Crippen molar-refractivity contribution in [3.8, 4) is 5.75 Å². The van der Waals surface area contributed by atoms with Crippen LogP contribution in [0.25, 0.3) is 0 Å². The fraction of sp³-hybridized carbons (Fsp3) is 0.308. The van der Waals surface area contributed by atoms with Gasteiger partial charge in [0, 0.05) is 11.6 Å². The number of carbonyl (C=O) groups excluding carboxylic acids is 1. The fourth-order valence-electron chi connectivity index (χ4n) is 1.83. The van der Waals surface area contributed by atoms with E-state index in [1.54, 1.807) is 29.2 Å². The molecule has 6 heteroatoms. The summed E-state index contributed by atoms with van der Waals surface area (Å²) in [6.07, 6.45) is 3.64. The van der Waals surface area contributed by atoms with Crippen LogP contribution in [0.2, 0.25) is 10.0 Å². The molecule has 1 aromatic carbocycles. The summed E-state index contributed by atoms with van der Waals surface area (Å²) in [4.78, 5) is 13.5. The number of amides is 1. The molecular formula is C13H13Cl2NO3. The first kappa shape index (κ1) is 14.2. The number of nitrogens with zero attached hydrogens (tertiary/aromatic N) is 1. The summed E-state index contributed by atoms with van der Waals surface area (Å²) in [5.74, 6) is 0.210. The van der Waals surface area contributed by atoms with Gasteiger partial charge in [0.1, 0.15) is 5.75 Å². The van der Waals surface area contributed by atoms with E-state index in [1.807, 2.05) is 6.08 Å². The van der Waals surface area contributed by atoms with Gasteiger partial charge in [0.15, 0.2) is 6.61 Å². The minimum Gasteiger partial charge on any atom is -0.482 e. The van der Waals surface area contributed by atoms with E-state index < -0.39 is 0 Å². The average molecular weight is 302 g/mol. The van der Waals surface area contributed by atoms with Crippen LogP contribution in [0.1, 0.15) is 0 Å². The van der Waals surface area contributed by atoms with Gasteiger partial charge in [-0.05, 0) is 18.2 Å². The second-order valence-corrected chi connectivity index (χ2v) is 4.93. The molecular weight excluding hydrogens is 289 g/mol. The van der Waals surface area contributed by atoms with E-state index in [2.05, 4.69) is 0 Å². The van der Waals surface area contributed by atoms with E-state index in [0.29, 0.717) is 22.3 Å². The quantitative estimate of drug-likeness (QED) is 0.867. The number of rotatable bonds is 4. The Morgan fingerprint density at radius 3 is 2.95 bits per heavy atom. The summed E-state index contributed by atoms with van der Waals surface area (Å²) in [6.45, 7) is 0.269. The van der Waals surface area contributed by atoms with Gasteiger partial charge in [-0.25, -0.2) is 0 Å². The Hall–Kier alpha value is -1.23. The number of ether oxygens (including phenoxy) is 1. The molecule has 1 N–H and O–H groups in total. The maximum Gasteiger partial charge on any atom is 0.261 e. The van der Waals surface area contributed by atoms with E-state index in [1.165, 1.54) is 0 Å². The number of aliphatic hydroxyl groups excluding tert-OH is 1. The molecule has 0 saturated heterocycles. The molecule has 0 fully saturated rings. The monoisotopic (exact) mass is 301 g/mol. The highest BCUT2D eigenvalue weighted by atomic mass is 35.5. The molecule has 1 unspecified atom stereocenters. The van der Waals surface area contributed by atoms with Crippen LogP contribution in [-0.2, 0) is 4.79 Å². The van der Waals surface area contributed by atoms with Gasteiger partial charge in [-0.2, -0.15) is 0 Å². The van der Waals surface area contributed by atoms with Crippen LogP contribution in [0.4, 0.5) is 0 Å². The summed E-state index contributed by atoms with van der Waals surface area (Å²) in [6, 6.07) is 4.54. The normalized spacial score (nSPS) is 17.8. The SMILES string of the molecule is O=C(COc1ccc(Cl)cc1Cl)N1CC=CC1CO. The second-order valence-electron chi connectivity index (χ2n) is 4.09. The molecule has 0 aromatic heterocycles. The standard InChI is InChI=1S/C13H13Cl2NO3/c14-9-3-4-12(11(15)6-9)19-8-13(18)16-5-1-2-10(16)7-17/h1-4,6,10,17H,5,7-8H2. The first-order chi connectivity index (χ1) is 9.11. The lowest BCUT2D eigenvalue weighted by Crippen LogP contribution is -2.40. The molecule has 1 heterocycles. The smallest absolute Gasteiger partial charge is 0.261 e. The zero-order valence-electron chi connectivity index (χ0n) is 10.1. The number of halogens is 2. The predicted molar refractivity (Wildman–Crippen MR) is 73.7 cm³/mol. The molecule has 1 aliphatic rings. The first-order valence-corrected chi connectivity index (χ1v) is 6.52. The van der Waals surface area contributed by atoms with Crippen LogP contribution in [0.15, 0.2) is 30.4 Å². The van der Waals surface area contributed by atoms with E-state index in [9.17, 15) is 4.79 Å². The van der Waals surface area contributed by atoms with Crippen LogP contribution >= 0.6 is 23.2 Å². The molecule has 1 aliphatic heterocycles. The zero-order valence-corrected chi connectivity index (χ0v) is 11.6. The number of hydrogen-bond acceptors (Lipinski definition) is 3. The molecule has 0 spiro atoms. The lowest BCUT2D eigenvalue weighted by Gasteiger charge is -2.23. The Balaban J connectivity index is 1.93. The largest absolute Gasteiger partial charge is 0.482 e. The molecule has 4 nitrogen and oxygen atoms in total. The first-order valence-electron chi connectivity index (χ1n) is 5.76. The molecule has 1 amide bonds. The summed E-state index contributed by atoms with van der Waals surface area (Å²) < 4.78 is 5.37. The zero-order chi connectivity index (χ0) is 13.8. The van der Waals surface area contributed by atoms with Crippen LogP contribution in [0.5, 0.6) is 5.75 Å². The van der Waals surface area contributed by atoms with Crippen molar-refractivity contribution < 1.29 is 14.6 Å². The lowest BCUT2D eigenvalue weighted by atomic mass is 10.3. The summed E-state index contributed by atoms with van der Waals surface area (Å²) in [5.41, 5.74) is 0. The molecule has 1 atom stereocenters. The minimum atomic E-state index is -0.267. The maximum absolute atomic E-state index is 11.9. The van der Waals surface area contributed by atoms with Gasteiger partial charge in [-0.3, -0.25) is 4.79 Å². The highest BCUT2D eigenvalue weighted by molar-refractivity contribution is 6.35. The Bertz CT molecular complexity index is 505. The third-order valence-electron chi connectivity index (χ3n) is 2.81. The van der Waals surface area contributed by atoms with Crippen LogP contribution < -0.4 is 4.74 Å². The highest BCUT2D eigenvalue weighted by Crippen LogP contribution is 2.27. The van der Waals surface area contributed by atoms with Gasteiger partial charge >= 0.3 is 0 Å². The molecule has 102 valence electrons. The molecule has 1 aromatic rings. The van der Waals surface area contributed by atoms with Gasteiger partial charge in [-0.15, -0.1) is 0 Å². The molecule has 19 heavy (non-hydrogen) atoms. The third kappa shape index (κ3) is 3.41. The molecule has 0 saturated carbocycles. The van der Waals surface area contributed by atoms with Gasteiger partial charge in [0.2, 0.25) is 0 Å². The number of carbonyl (C=O) groups is 1. The van der Waals surface area contributed by atoms with E-state index in [4.69, 9.17) is 33.0 Å². The van der Waals surface area contributed by atoms with E-state index in [0.717, 1.165) is 0 Å². The highest BCUT2D eigenvalue weighted by Gasteiger charge is 2.24. The van der Waals surface area contributed by atoms with Crippen molar-refractivity contribution in [1.29, 1.82) is 0 Å². The Labute approximate surface area is 121 Å².